The van der Waals surface area contributed by atoms with Crippen LogP contribution in [0, 0.1) is 12.3 Å². The first kappa shape index (κ1) is 19.5. The Balaban J connectivity index is 4.15. The molecule has 118 valence electrons. The first-order chi connectivity index (χ1) is 9.55. The van der Waals surface area contributed by atoms with Gasteiger partial charge < -0.3 is 20.1 Å². The molecule has 8 heteroatoms. The number of alkyl halides is 1. The van der Waals surface area contributed by atoms with E-state index in [2.05, 4.69) is 16.6 Å². The van der Waals surface area contributed by atoms with Crippen LogP contribution in [0.15, 0.2) is 0 Å². The lowest BCUT2D eigenvalue weighted by atomic mass is 10.2. The summed E-state index contributed by atoms with van der Waals surface area (Å²) in [6.07, 6.45) is 4.33. The van der Waals surface area contributed by atoms with Crippen molar-refractivity contribution in [3.05, 3.63) is 0 Å². The number of esters is 1. The van der Waals surface area contributed by atoms with Gasteiger partial charge in [0.1, 0.15) is 18.2 Å². The van der Waals surface area contributed by atoms with Crippen LogP contribution in [0.1, 0.15) is 27.7 Å². The van der Waals surface area contributed by atoms with Crippen molar-refractivity contribution < 1.29 is 23.9 Å². The van der Waals surface area contributed by atoms with E-state index in [1.807, 2.05) is 0 Å². The molecule has 0 aromatic heterocycles. The Morgan fingerprint density at radius 2 is 1.90 bits per heavy atom. The molecule has 2 atom stereocenters. The van der Waals surface area contributed by atoms with E-state index in [1.54, 1.807) is 43.4 Å². The second-order valence-electron chi connectivity index (χ2n) is 5.06. The van der Waals surface area contributed by atoms with Crippen LogP contribution in [-0.4, -0.2) is 40.3 Å². The van der Waals surface area contributed by atoms with Crippen molar-refractivity contribution in [3.63, 3.8) is 0 Å². The number of alkyl carbamates (subject to hydrolysis) is 1. The maximum absolute atomic E-state index is 11.7. The second-order valence-corrected chi connectivity index (χ2v) is 6.19. The normalized spacial score (nSPS) is 13.3. The highest BCUT2D eigenvalue weighted by molar-refractivity contribution is 14.1. The summed E-state index contributed by atoms with van der Waals surface area (Å²) < 4.78 is 9.08. The van der Waals surface area contributed by atoms with Gasteiger partial charge in [0.05, 0.1) is 0 Å². The zero-order valence-electron chi connectivity index (χ0n) is 12.4. The molecule has 2 N–H and O–H groups in total. The summed E-state index contributed by atoms with van der Waals surface area (Å²) in [7, 11) is 0. The average molecular weight is 410 g/mol. The molecule has 0 saturated heterocycles. The van der Waals surface area contributed by atoms with Gasteiger partial charge in [-0.05, 0) is 50.3 Å². The highest BCUT2D eigenvalue weighted by Gasteiger charge is 2.21. The molecule has 7 nitrogen and oxygen atoms in total. The lowest BCUT2D eigenvalue weighted by Crippen LogP contribution is -2.47. The highest BCUT2D eigenvalue weighted by Crippen LogP contribution is 2.06. The van der Waals surface area contributed by atoms with Crippen molar-refractivity contribution >= 4 is 40.6 Å². The van der Waals surface area contributed by atoms with Gasteiger partial charge >= 0.3 is 12.1 Å². The summed E-state index contributed by atoms with van der Waals surface area (Å²) in [5.41, 5.74) is -0.658. The quantitative estimate of drug-likeness (QED) is 0.305. The van der Waals surface area contributed by atoms with Crippen LogP contribution in [0.25, 0.3) is 0 Å². The molecule has 0 aromatic rings. The standard InChI is InChI=1S/C13H19IN2O5/c1-6-9(14)20-10(17)7-15-11(18)8(2)16-12(19)21-13(3,4)5/h1,8-9H,7H2,2-5H3,(H,15,18)(H,16,19)/t8-,9?/m0/s1. The lowest BCUT2D eigenvalue weighted by Gasteiger charge is -2.21. The molecule has 0 spiro atoms. The summed E-state index contributed by atoms with van der Waals surface area (Å²) in [6, 6.07) is -0.851. The number of amides is 2. The zero-order valence-corrected chi connectivity index (χ0v) is 14.5. The number of halogens is 1. The summed E-state index contributed by atoms with van der Waals surface area (Å²) in [4.78, 5) is 34.4. The van der Waals surface area contributed by atoms with Gasteiger partial charge in [0.15, 0.2) is 0 Å². The molecule has 1 unspecified atom stereocenters. The number of carbonyl (C=O) groups is 3. The maximum Gasteiger partial charge on any atom is 0.408 e. The van der Waals surface area contributed by atoms with Crippen LogP contribution in [-0.2, 0) is 19.1 Å². The van der Waals surface area contributed by atoms with E-state index in [4.69, 9.17) is 15.9 Å². The predicted molar refractivity (Wildman–Crippen MR) is 84.6 cm³/mol. The Labute approximate surface area is 137 Å². The van der Waals surface area contributed by atoms with Gasteiger partial charge in [-0.3, -0.25) is 9.59 Å². The fourth-order valence-electron chi connectivity index (χ4n) is 1.05. The Morgan fingerprint density at radius 3 is 2.38 bits per heavy atom. The Kier molecular flexibility index (Phi) is 8.09. The van der Waals surface area contributed by atoms with Crippen LogP contribution < -0.4 is 10.6 Å². The van der Waals surface area contributed by atoms with Gasteiger partial charge in [-0.2, -0.15) is 0 Å². The van der Waals surface area contributed by atoms with Gasteiger partial charge in [-0.25, -0.2) is 4.79 Å². The monoisotopic (exact) mass is 410 g/mol. The number of hydrogen-bond donors (Lipinski definition) is 2. The van der Waals surface area contributed by atoms with E-state index in [-0.39, 0.29) is 6.54 Å². The number of hydrogen-bond acceptors (Lipinski definition) is 5. The fraction of sp³-hybridized carbons (Fsp3) is 0.615. The molecule has 0 fully saturated rings. The summed E-state index contributed by atoms with van der Waals surface area (Å²) >= 11 is 1.75. The van der Waals surface area contributed by atoms with E-state index in [0.717, 1.165) is 0 Å². The second kappa shape index (κ2) is 8.71. The Bertz CT molecular complexity index is 439. The van der Waals surface area contributed by atoms with Crippen molar-refractivity contribution in [3.8, 4) is 12.3 Å². The Morgan fingerprint density at radius 1 is 1.33 bits per heavy atom. The van der Waals surface area contributed by atoms with Crippen LogP contribution in [0.3, 0.4) is 0 Å². The summed E-state index contributed by atoms with van der Waals surface area (Å²) in [5.74, 6) is 1.01. The van der Waals surface area contributed by atoms with E-state index >= 15 is 0 Å². The molecule has 0 aromatic carbocycles. The van der Waals surface area contributed by atoms with E-state index in [9.17, 15) is 14.4 Å². The molecule has 21 heavy (non-hydrogen) atoms. The van der Waals surface area contributed by atoms with Gasteiger partial charge in [0.2, 0.25) is 10.0 Å². The van der Waals surface area contributed by atoms with Gasteiger partial charge in [-0.1, -0.05) is 5.92 Å². The largest absolute Gasteiger partial charge is 0.444 e. The molecule has 0 aliphatic heterocycles. The molecule has 0 aliphatic carbocycles. The molecule has 0 radical (unpaired) electrons. The van der Waals surface area contributed by atoms with Crippen molar-refractivity contribution in [2.45, 2.75) is 43.4 Å². The molecule has 0 rings (SSSR count). The number of terminal acetylenes is 1. The minimum Gasteiger partial charge on any atom is -0.444 e. The van der Waals surface area contributed by atoms with Crippen molar-refractivity contribution in [2.24, 2.45) is 0 Å². The van der Waals surface area contributed by atoms with Crippen LogP contribution in [0.2, 0.25) is 0 Å². The lowest BCUT2D eigenvalue weighted by molar-refractivity contribution is -0.143. The predicted octanol–water partition coefficient (Wildman–Crippen LogP) is 0.953. The first-order valence-electron chi connectivity index (χ1n) is 6.12. The average Bonchev–Trinajstić information content (AvgIpc) is 2.33. The van der Waals surface area contributed by atoms with E-state index < -0.39 is 33.7 Å². The molecule has 0 heterocycles. The van der Waals surface area contributed by atoms with Gasteiger partial charge in [-0.15, -0.1) is 6.42 Å². The number of nitrogens with one attached hydrogen (secondary N) is 2. The minimum atomic E-state index is -0.851. The molecular formula is C13H19IN2O5. The number of carbonyl (C=O) groups excluding carboxylic acids is 3. The van der Waals surface area contributed by atoms with E-state index in [1.165, 1.54) is 6.92 Å². The highest BCUT2D eigenvalue weighted by atomic mass is 127. The van der Waals surface area contributed by atoms with Crippen LogP contribution in [0.4, 0.5) is 4.79 Å². The SMILES string of the molecule is C#CC(I)OC(=O)CNC(=O)[C@H](C)NC(=O)OC(C)(C)C. The third-order valence-corrected chi connectivity index (χ3v) is 2.51. The number of ether oxygens (including phenoxy) is 2. The van der Waals surface area contributed by atoms with Crippen molar-refractivity contribution in [1.29, 1.82) is 0 Å². The van der Waals surface area contributed by atoms with E-state index in [0.29, 0.717) is 0 Å². The summed E-state index contributed by atoms with van der Waals surface area (Å²) in [6.45, 7) is 6.26. The third-order valence-electron chi connectivity index (χ3n) is 1.90. The van der Waals surface area contributed by atoms with Gasteiger partial charge in [0.25, 0.3) is 0 Å². The zero-order chi connectivity index (χ0) is 16.6. The minimum absolute atomic E-state index is 0.333. The molecule has 0 aliphatic rings. The van der Waals surface area contributed by atoms with Crippen molar-refractivity contribution in [1.82, 2.24) is 10.6 Å². The van der Waals surface area contributed by atoms with Crippen molar-refractivity contribution in [2.75, 3.05) is 6.54 Å². The third kappa shape index (κ3) is 9.95. The van der Waals surface area contributed by atoms with Crippen LogP contribution >= 0.6 is 22.6 Å². The maximum atomic E-state index is 11.7. The molecule has 0 saturated carbocycles. The smallest absolute Gasteiger partial charge is 0.408 e. The molecule has 2 amide bonds. The fourth-order valence-corrected chi connectivity index (χ4v) is 1.34. The first-order valence-corrected chi connectivity index (χ1v) is 7.36. The molecule has 0 bridgehead atoms. The summed E-state index contributed by atoms with van der Waals surface area (Å²) in [5, 5.41) is 4.68. The number of rotatable bonds is 5. The van der Waals surface area contributed by atoms with Crippen LogP contribution in [0.5, 0.6) is 0 Å². The van der Waals surface area contributed by atoms with Gasteiger partial charge in [0, 0.05) is 0 Å². The topological polar surface area (TPSA) is 93.7 Å². The Hall–Kier alpha value is -1.50. The molecular weight excluding hydrogens is 391 g/mol.